The number of hydrogen-bond donors (Lipinski definition) is 2. The molecule has 37 heavy (non-hydrogen) atoms. The molecule has 4 rings (SSSR count). The number of allylic oxidation sites excluding steroid dienone is 2. The molecule has 1 aromatic heterocycles. The third kappa shape index (κ3) is 6.73. The van der Waals surface area contributed by atoms with Gasteiger partial charge in [-0.25, -0.2) is 9.78 Å². The van der Waals surface area contributed by atoms with Crippen molar-refractivity contribution in [2.75, 3.05) is 24.3 Å². The van der Waals surface area contributed by atoms with Gasteiger partial charge >= 0.3 is 0 Å². The van der Waals surface area contributed by atoms with Crippen LogP contribution in [-0.2, 0) is 33.0 Å². The van der Waals surface area contributed by atoms with Gasteiger partial charge in [0.2, 0.25) is 5.52 Å². The highest BCUT2D eigenvalue weighted by atomic mass is 32.2. The zero-order valence-electron chi connectivity index (χ0n) is 21.0. The van der Waals surface area contributed by atoms with Crippen molar-refractivity contribution < 1.29 is 32.4 Å². The smallest absolute Gasteiger partial charge is 0.265 e. The molecule has 0 fully saturated rings. The molecule has 2 N–H and O–H groups in total. The highest BCUT2D eigenvalue weighted by Crippen LogP contribution is 2.47. The lowest BCUT2D eigenvalue weighted by Gasteiger charge is -2.18. The number of aryl methyl sites for hydroxylation is 1. The number of thiazole rings is 1. The Morgan fingerprint density at radius 2 is 2.00 bits per heavy atom. The molecule has 0 radical (unpaired) electrons. The molecular weight excluding hydrogens is 532 g/mol. The Balaban J connectivity index is 1.72. The molecule has 2 heterocycles. The predicted octanol–water partition coefficient (Wildman–Crippen LogP) is 5.52. The van der Waals surface area contributed by atoms with Gasteiger partial charge in [0.25, 0.3) is 15.1 Å². The van der Waals surface area contributed by atoms with Crippen molar-refractivity contribution in [3.63, 3.8) is 0 Å². The molecule has 1 aliphatic rings. The fourth-order valence-corrected chi connectivity index (χ4v) is 7.01. The van der Waals surface area contributed by atoms with Crippen molar-refractivity contribution in [2.24, 2.45) is 0 Å². The number of fused-ring (bicyclic) bond motifs is 2. The normalized spacial score (nSPS) is 15.2. The Labute approximate surface area is 225 Å². The number of aromatic hydroxyl groups is 1. The van der Waals surface area contributed by atoms with Gasteiger partial charge in [0.1, 0.15) is 17.1 Å². The van der Waals surface area contributed by atoms with Gasteiger partial charge in [-0.3, -0.25) is 4.55 Å². The molecule has 198 valence electrons. The van der Waals surface area contributed by atoms with Crippen LogP contribution < -0.4 is 9.47 Å². The van der Waals surface area contributed by atoms with Crippen molar-refractivity contribution >= 4 is 55.2 Å². The summed E-state index contributed by atoms with van der Waals surface area (Å²) in [6.45, 7) is 5.70. The third-order valence-corrected chi connectivity index (χ3v) is 9.01. The summed E-state index contributed by atoms with van der Waals surface area (Å²) < 4.78 is 35.1. The quantitative estimate of drug-likeness (QED) is 0.136. The lowest BCUT2D eigenvalue weighted by molar-refractivity contribution is -0.668. The zero-order chi connectivity index (χ0) is 26.6. The van der Waals surface area contributed by atoms with Gasteiger partial charge in [-0.15, -0.1) is 0 Å². The van der Waals surface area contributed by atoms with E-state index in [2.05, 4.69) is 35.5 Å². The lowest BCUT2D eigenvalue weighted by atomic mass is 10.2. The van der Waals surface area contributed by atoms with Crippen LogP contribution in [0.4, 0.5) is 5.69 Å². The Morgan fingerprint density at radius 3 is 2.70 bits per heavy atom. The number of anilines is 1. The highest BCUT2D eigenvalue weighted by Gasteiger charge is 2.25. The van der Waals surface area contributed by atoms with Gasteiger partial charge in [0.15, 0.2) is 6.54 Å². The first-order valence-electron chi connectivity index (χ1n) is 12.0. The topological polar surface area (TPSA) is 100 Å². The molecule has 3 aromatic rings. The van der Waals surface area contributed by atoms with Crippen LogP contribution in [0, 0.1) is 0 Å². The number of nitrogens with zero attached hydrogens (tertiary/aromatic N) is 2. The van der Waals surface area contributed by atoms with E-state index in [9.17, 15) is 18.1 Å². The van der Waals surface area contributed by atoms with Gasteiger partial charge < -0.3 is 10.0 Å². The summed E-state index contributed by atoms with van der Waals surface area (Å²) >= 11 is 3.31. The second-order valence-corrected chi connectivity index (χ2v) is 12.2. The minimum absolute atomic E-state index is 0.247. The van der Waals surface area contributed by atoms with Crippen molar-refractivity contribution in [3.05, 3.63) is 63.6 Å². The second kappa shape index (κ2) is 12.0. The van der Waals surface area contributed by atoms with Gasteiger partial charge in [-0.1, -0.05) is 36.1 Å². The van der Waals surface area contributed by atoms with Crippen molar-refractivity contribution in [1.29, 1.82) is 0 Å². The molecule has 0 saturated heterocycles. The maximum Gasteiger partial charge on any atom is 0.265 e. The predicted molar refractivity (Wildman–Crippen MR) is 148 cm³/mol. The average molecular weight is 564 g/mol. The largest absolute Gasteiger partial charge is 0.508 e. The summed E-state index contributed by atoms with van der Waals surface area (Å²) in [5.41, 5.74) is 4.03. The van der Waals surface area contributed by atoms with Gasteiger partial charge in [0.05, 0.1) is 23.6 Å². The van der Waals surface area contributed by atoms with Crippen molar-refractivity contribution in [2.45, 2.75) is 44.7 Å². The lowest BCUT2D eigenvalue weighted by Crippen LogP contribution is -2.36. The molecule has 0 unspecified atom stereocenters. The van der Waals surface area contributed by atoms with Crippen molar-refractivity contribution in [1.82, 2.24) is 0 Å². The molecular formula is C26H31N2O6S3+. The van der Waals surface area contributed by atoms with Crippen LogP contribution in [0.25, 0.3) is 16.3 Å². The molecule has 8 nitrogen and oxygen atoms in total. The van der Waals surface area contributed by atoms with E-state index in [4.69, 9.17) is 9.78 Å². The molecule has 11 heteroatoms. The minimum Gasteiger partial charge on any atom is -0.508 e. The van der Waals surface area contributed by atoms with Crippen LogP contribution in [0.2, 0.25) is 0 Å². The first kappa shape index (κ1) is 27.6. The van der Waals surface area contributed by atoms with Gasteiger partial charge in [0, 0.05) is 36.1 Å². The number of benzene rings is 2. The van der Waals surface area contributed by atoms with E-state index in [0.29, 0.717) is 13.2 Å². The minimum atomic E-state index is -4.04. The second-order valence-electron chi connectivity index (χ2n) is 8.52. The molecule has 2 aromatic carbocycles. The summed E-state index contributed by atoms with van der Waals surface area (Å²) in [6, 6.07) is 11.5. The molecule has 0 spiro atoms. The monoisotopic (exact) mass is 563 g/mol. The molecule has 0 saturated carbocycles. The van der Waals surface area contributed by atoms with E-state index in [1.54, 1.807) is 35.2 Å². The molecule has 0 amide bonds. The highest BCUT2D eigenvalue weighted by molar-refractivity contribution is 8.03. The summed E-state index contributed by atoms with van der Waals surface area (Å²) in [6.07, 6.45) is 5.41. The van der Waals surface area contributed by atoms with Gasteiger partial charge in [-0.05, 0) is 48.8 Å². The summed E-state index contributed by atoms with van der Waals surface area (Å²) in [5, 5.41) is 12.1. The van der Waals surface area contributed by atoms with Crippen LogP contribution in [0.15, 0.2) is 58.0 Å². The fourth-order valence-electron chi connectivity index (χ4n) is 4.19. The van der Waals surface area contributed by atoms with Crippen LogP contribution in [-0.4, -0.2) is 37.5 Å². The average Bonchev–Trinajstić information content (AvgIpc) is 3.37. The fraction of sp³-hybridized carbons (Fsp3) is 0.346. The van der Waals surface area contributed by atoms with E-state index in [1.165, 1.54) is 7.11 Å². The van der Waals surface area contributed by atoms with E-state index in [0.717, 1.165) is 54.9 Å². The Morgan fingerprint density at radius 1 is 1.19 bits per heavy atom. The zero-order valence-corrected chi connectivity index (χ0v) is 23.5. The number of aromatic nitrogens is 1. The number of phenolic OH excluding ortho intramolecular Hbond substituents is 1. The molecule has 1 aliphatic heterocycles. The third-order valence-electron chi connectivity index (χ3n) is 5.98. The maximum atomic E-state index is 11.3. The first-order valence-corrected chi connectivity index (χ1v) is 15.2. The first-order chi connectivity index (χ1) is 17.7. The summed E-state index contributed by atoms with van der Waals surface area (Å²) in [7, 11) is -2.58. The SMILES string of the molecule is CCC(=C/c1sc2ccc(COOC)cc2[n+]1CCCS(=O)(=O)O)/C=C1/Sc2ccc(O)cc2N1CC. The van der Waals surface area contributed by atoms with Gasteiger partial charge in [-0.2, -0.15) is 13.0 Å². The summed E-state index contributed by atoms with van der Waals surface area (Å²) in [5.74, 6) is -0.0537. The molecule has 0 aliphatic carbocycles. The molecule has 0 bridgehead atoms. The van der Waals surface area contributed by atoms with E-state index in [-0.39, 0.29) is 17.9 Å². The number of hydrogen-bond acceptors (Lipinski definition) is 8. The van der Waals surface area contributed by atoms with Crippen LogP contribution in [0.3, 0.4) is 0 Å². The number of thioether (sulfide) groups is 1. The van der Waals surface area contributed by atoms with E-state index < -0.39 is 10.1 Å². The van der Waals surface area contributed by atoms with Crippen LogP contribution in [0.1, 0.15) is 37.3 Å². The summed E-state index contributed by atoms with van der Waals surface area (Å²) in [4.78, 5) is 13.1. The maximum absolute atomic E-state index is 11.3. The Bertz CT molecular complexity index is 1450. The van der Waals surface area contributed by atoms with E-state index >= 15 is 0 Å². The van der Waals surface area contributed by atoms with E-state index in [1.807, 2.05) is 24.3 Å². The van der Waals surface area contributed by atoms with Crippen molar-refractivity contribution in [3.8, 4) is 5.75 Å². The molecule has 0 atom stereocenters. The number of rotatable bonds is 11. The Kier molecular flexibility index (Phi) is 8.94. The number of phenols is 1. The van der Waals surface area contributed by atoms with Crippen LogP contribution >= 0.6 is 23.1 Å². The standard InChI is InChI=1S/C26H30N2O6S3/c1-4-18(14-25-27(5-2)22-16-20(29)8-10-24(22)35-25)15-26-28(11-6-12-37(30,31)32)21-13-19(17-34-33-3)7-9-23(21)36-26/h7-10,13-16H,4-6,11-12,17H2,1-3H3,(H-,29,30,31,32)/p+1. The van der Waals surface area contributed by atoms with Crippen LogP contribution in [0.5, 0.6) is 5.75 Å². The Hall–Kier alpha value is -2.41.